The van der Waals surface area contributed by atoms with Gasteiger partial charge in [-0.05, 0) is 34.1 Å². The number of nitrogens with one attached hydrogen (secondary N) is 1. The number of amides is 1. The van der Waals surface area contributed by atoms with Gasteiger partial charge in [-0.3, -0.25) is 4.79 Å². The summed E-state index contributed by atoms with van der Waals surface area (Å²) in [5.74, 6) is 0.723. The molecule has 2 aromatic heterocycles. The quantitative estimate of drug-likeness (QED) is 0.930. The minimum Gasteiger partial charge on any atom is -0.373 e. The monoisotopic (exact) mass is 339 g/mol. The van der Waals surface area contributed by atoms with Gasteiger partial charge < -0.3 is 10.2 Å². The second kappa shape index (κ2) is 6.16. The third kappa shape index (κ3) is 3.54. The van der Waals surface area contributed by atoms with Gasteiger partial charge in [0.05, 0.1) is 12.1 Å². The van der Waals surface area contributed by atoms with Crippen LogP contribution in [0.1, 0.15) is 15.2 Å². The van der Waals surface area contributed by atoms with E-state index in [2.05, 4.69) is 26.2 Å². The highest BCUT2D eigenvalue weighted by molar-refractivity contribution is 9.10. The van der Waals surface area contributed by atoms with Crippen LogP contribution in [0.3, 0.4) is 0 Å². The molecule has 0 spiro atoms. The maximum Gasteiger partial charge on any atom is 0.255 e. The van der Waals surface area contributed by atoms with Crippen LogP contribution < -0.4 is 5.32 Å². The molecule has 0 aliphatic heterocycles. The van der Waals surface area contributed by atoms with E-state index in [0.29, 0.717) is 12.1 Å². The molecule has 0 aliphatic carbocycles. The summed E-state index contributed by atoms with van der Waals surface area (Å²) in [6.45, 7) is 0.600. The summed E-state index contributed by atoms with van der Waals surface area (Å²) in [7, 11) is 3.59. The molecule has 2 rings (SSSR count). The van der Waals surface area contributed by atoms with Crippen LogP contribution >= 0.6 is 27.3 Å². The molecule has 0 bridgehead atoms. The Kier molecular flexibility index (Phi) is 4.55. The van der Waals surface area contributed by atoms with Crippen LogP contribution in [-0.2, 0) is 6.54 Å². The predicted molar refractivity (Wildman–Crippen MR) is 81.6 cm³/mol. The van der Waals surface area contributed by atoms with Gasteiger partial charge in [-0.1, -0.05) is 0 Å². The fourth-order valence-electron chi connectivity index (χ4n) is 1.63. The third-order valence-corrected chi connectivity index (χ3v) is 4.31. The Bertz CT molecular complexity index is 568. The molecule has 1 amide bonds. The average molecular weight is 340 g/mol. The number of hydrogen-bond donors (Lipinski definition) is 1. The lowest BCUT2D eigenvalue weighted by atomic mass is 10.2. The van der Waals surface area contributed by atoms with Crippen LogP contribution in [0.5, 0.6) is 0 Å². The van der Waals surface area contributed by atoms with E-state index in [1.54, 1.807) is 48.7 Å². The normalized spacial score (nSPS) is 10.3. The second-order valence-electron chi connectivity index (χ2n) is 4.07. The number of carbonyl (C=O) groups is 1. The number of nitrogens with zero attached hydrogens (tertiary/aromatic N) is 2. The van der Waals surface area contributed by atoms with Gasteiger partial charge in [0.15, 0.2) is 0 Å². The van der Waals surface area contributed by atoms with Crippen LogP contribution in [0, 0.1) is 0 Å². The van der Waals surface area contributed by atoms with Gasteiger partial charge in [0.2, 0.25) is 0 Å². The minimum absolute atomic E-state index is 0.0281. The first-order chi connectivity index (χ1) is 9.10. The van der Waals surface area contributed by atoms with Crippen LogP contribution in [0.4, 0.5) is 5.82 Å². The van der Waals surface area contributed by atoms with Crippen molar-refractivity contribution in [3.05, 3.63) is 44.7 Å². The maximum atomic E-state index is 12.2. The topological polar surface area (TPSA) is 45.2 Å². The van der Waals surface area contributed by atoms with Crippen LogP contribution in [0.25, 0.3) is 0 Å². The van der Waals surface area contributed by atoms with Crippen molar-refractivity contribution in [1.29, 1.82) is 0 Å². The summed E-state index contributed by atoms with van der Waals surface area (Å²) in [4.78, 5) is 19.2. The zero-order valence-electron chi connectivity index (χ0n) is 10.7. The highest BCUT2D eigenvalue weighted by Crippen LogP contribution is 2.21. The van der Waals surface area contributed by atoms with Gasteiger partial charge >= 0.3 is 0 Å². The Morgan fingerprint density at radius 3 is 2.84 bits per heavy atom. The van der Waals surface area contributed by atoms with Gasteiger partial charge in [0, 0.05) is 35.0 Å². The number of anilines is 1. The summed E-state index contributed by atoms with van der Waals surface area (Å²) in [6.07, 6.45) is 1.59. The zero-order chi connectivity index (χ0) is 13.8. The Hall–Kier alpha value is -1.40. The fourth-order valence-corrected chi connectivity index (χ4v) is 3.13. The number of aromatic nitrogens is 1. The highest BCUT2D eigenvalue weighted by Gasteiger charge is 2.13. The Morgan fingerprint density at radius 2 is 2.32 bits per heavy atom. The molecule has 0 aromatic carbocycles. The number of hydrogen-bond acceptors (Lipinski definition) is 4. The SMILES string of the molecule is CNc1ccc(C(=O)N(C)Cc2cc(Br)cs2)cn1. The zero-order valence-corrected chi connectivity index (χ0v) is 13.1. The summed E-state index contributed by atoms with van der Waals surface area (Å²) >= 11 is 5.04. The lowest BCUT2D eigenvalue weighted by Crippen LogP contribution is -2.25. The van der Waals surface area contributed by atoms with E-state index in [0.717, 1.165) is 15.2 Å². The summed E-state index contributed by atoms with van der Waals surface area (Å²) in [5.41, 5.74) is 0.595. The minimum atomic E-state index is -0.0281. The summed E-state index contributed by atoms with van der Waals surface area (Å²) < 4.78 is 1.05. The average Bonchev–Trinajstić information content (AvgIpc) is 2.83. The lowest BCUT2D eigenvalue weighted by Gasteiger charge is -2.16. The molecule has 19 heavy (non-hydrogen) atoms. The molecule has 0 radical (unpaired) electrons. The van der Waals surface area contributed by atoms with Crippen molar-refractivity contribution < 1.29 is 4.79 Å². The smallest absolute Gasteiger partial charge is 0.255 e. The molecule has 2 heterocycles. The molecule has 100 valence electrons. The van der Waals surface area contributed by atoms with E-state index >= 15 is 0 Å². The first-order valence-corrected chi connectivity index (χ1v) is 7.39. The van der Waals surface area contributed by atoms with E-state index in [1.807, 2.05) is 11.4 Å². The van der Waals surface area contributed by atoms with Crippen LogP contribution in [-0.4, -0.2) is 29.9 Å². The number of pyridine rings is 1. The first-order valence-electron chi connectivity index (χ1n) is 5.72. The van der Waals surface area contributed by atoms with Crippen molar-refractivity contribution in [3.63, 3.8) is 0 Å². The second-order valence-corrected chi connectivity index (χ2v) is 5.99. The van der Waals surface area contributed by atoms with Crippen molar-refractivity contribution in [2.45, 2.75) is 6.54 Å². The Balaban J connectivity index is 2.05. The van der Waals surface area contributed by atoms with Crippen molar-refractivity contribution >= 4 is 39.0 Å². The van der Waals surface area contributed by atoms with E-state index in [9.17, 15) is 4.79 Å². The van der Waals surface area contributed by atoms with Gasteiger partial charge in [-0.25, -0.2) is 4.98 Å². The molecule has 0 atom stereocenters. The number of carbonyl (C=O) groups excluding carboxylic acids is 1. The van der Waals surface area contributed by atoms with E-state index in [-0.39, 0.29) is 5.91 Å². The largest absolute Gasteiger partial charge is 0.373 e. The summed E-state index contributed by atoms with van der Waals surface area (Å²) in [6, 6.07) is 5.60. The molecule has 1 N–H and O–H groups in total. The van der Waals surface area contributed by atoms with Gasteiger partial charge in [0.1, 0.15) is 5.82 Å². The third-order valence-electron chi connectivity index (χ3n) is 2.63. The molecule has 0 saturated carbocycles. The molecule has 0 fully saturated rings. The maximum absolute atomic E-state index is 12.2. The molecule has 6 heteroatoms. The van der Waals surface area contributed by atoms with Crippen LogP contribution in [0.15, 0.2) is 34.2 Å². The fraction of sp³-hybridized carbons (Fsp3) is 0.231. The van der Waals surface area contributed by atoms with Crippen molar-refractivity contribution in [1.82, 2.24) is 9.88 Å². The number of halogens is 1. The van der Waals surface area contributed by atoms with Crippen molar-refractivity contribution in [2.75, 3.05) is 19.4 Å². The number of rotatable bonds is 4. The molecule has 0 aliphatic rings. The van der Waals surface area contributed by atoms with E-state index < -0.39 is 0 Å². The van der Waals surface area contributed by atoms with E-state index in [4.69, 9.17) is 0 Å². The lowest BCUT2D eigenvalue weighted by molar-refractivity contribution is 0.0786. The Morgan fingerprint density at radius 1 is 1.53 bits per heavy atom. The van der Waals surface area contributed by atoms with Gasteiger partial charge in [-0.15, -0.1) is 11.3 Å². The summed E-state index contributed by atoms with van der Waals surface area (Å²) in [5, 5.41) is 4.94. The van der Waals surface area contributed by atoms with Gasteiger partial charge in [-0.2, -0.15) is 0 Å². The van der Waals surface area contributed by atoms with Crippen molar-refractivity contribution in [3.8, 4) is 0 Å². The highest BCUT2D eigenvalue weighted by atomic mass is 79.9. The molecular weight excluding hydrogens is 326 g/mol. The first kappa shape index (κ1) is 14.0. The predicted octanol–water partition coefficient (Wildman–Crippen LogP) is 3.22. The number of thiophene rings is 1. The van der Waals surface area contributed by atoms with Gasteiger partial charge in [0.25, 0.3) is 5.91 Å². The molecule has 2 aromatic rings. The van der Waals surface area contributed by atoms with E-state index in [1.165, 1.54) is 0 Å². The molecular formula is C13H14BrN3OS. The molecule has 0 unspecified atom stereocenters. The van der Waals surface area contributed by atoms with Crippen LogP contribution in [0.2, 0.25) is 0 Å². The standard InChI is InChI=1S/C13H14BrN3OS/c1-15-12-4-3-9(6-16-12)13(18)17(2)7-11-5-10(14)8-19-11/h3-6,8H,7H2,1-2H3,(H,15,16). The molecule has 0 saturated heterocycles. The molecule has 4 nitrogen and oxygen atoms in total. The van der Waals surface area contributed by atoms with Crippen molar-refractivity contribution in [2.24, 2.45) is 0 Å². The Labute approximate surface area is 124 Å².